The summed E-state index contributed by atoms with van der Waals surface area (Å²) in [6, 6.07) is 9.36. The Bertz CT molecular complexity index is 1030. The molecule has 148 valence electrons. The monoisotopic (exact) mass is 396 g/mol. The lowest BCUT2D eigenvalue weighted by atomic mass is 10.1. The molecule has 2 aromatic carbocycles. The first-order chi connectivity index (χ1) is 13.8. The number of aryl methyl sites for hydroxylation is 1. The van der Waals surface area contributed by atoms with E-state index in [1.54, 1.807) is 19.1 Å². The van der Waals surface area contributed by atoms with Crippen LogP contribution in [0.2, 0.25) is 0 Å². The summed E-state index contributed by atoms with van der Waals surface area (Å²) in [4.78, 5) is 52.4. The van der Waals surface area contributed by atoms with Gasteiger partial charge in [-0.15, -0.1) is 0 Å². The normalized spacial score (nSPS) is 16.8. The van der Waals surface area contributed by atoms with E-state index in [4.69, 9.17) is 4.74 Å². The minimum Gasteiger partial charge on any atom is -0.497 e. The molecule has 3 rings (SSSR count). The van der Waals surface area contributed by atoms with Crippen LogP contribution in [0.25, 0.3) is 0 Å². The number of carbonyl (C=O) groups excluding carboxylic acids is 3. The SMILES string of the molecule is COc1ccc(N2C(=O)NC(=O)C(C=Nc3cc([N+](=O)[O-])ccc3C)C2=O)cc1. The number of benzene rings is 2. The van der Waals surface area contributed by atoms with E-state index < -0.39 is 28.7 Å². The molecular weight excluding hydrogens is 380 g/mol. The van der Waals surface area contributed by atoms with Gasteiger partial charge in [-0.05, 0) is 36.8 Å². The molecule has 2 aromatic rings. The molecule has 1 atom stereocenters. The highest BCUT2D eigenvalue weighted by atomic mass is 16.6. The molecule has 1 fully saturated rings. The molecule has 1 aliphatic rings. The Hall–Kier alpha value is -4.08. The molecule has 0 saturated carbocycles. The van der Waals surface area contributed by atoms with E-state index in [1.165, 1.54) is 37.4 Å². The Morgan fingerprint density at radius 2 is 1.86 bits per heavy atom. The number of nitrogens with one attached hydrogen (secondary N) is 1. The van der Waals surface area contributed by atoms with Crippen LogP contribution in [-0.2, 0) is 9.59 Å². The maximum atomic E-state index is 12.8. The number of rotatable bonds is 5. The highest BCUT2D eigenvalue weighted by Crippen LogP contribution is 2.26. The number of methoxy groups -OCH3 is 1. The predicted molar refractivity (Wildman–Crippen MR) is 103 cm³/mol. The molecule has 29 heavy (non-hydrogen) atoms. The quantitative estimate of drug-likeness (QED) is 0.357. The van der Waals surface area contributed by atoms with Crippen LogP contribution >= 0.6 is 0 Å². The molecule has 4 amide bonds. The number of nitro groups is 1. The van der Waals surface area contributed by atoms with Crippen LogP contribution in [-0.4, -0.2) is 36.1 Å². The second-order valence-corrected chi connectivity index (χ2v) is 6.15. The van der Waals surface area contributed by atoms with Gasteiger partial charge in [0, 0.05) is 18.3 Å². The second-order valence-electron chi connectivity index (χ2n) is 6.15. The number of hydrogen-bond acceptors (Lipinski definition) is 7. The fourth-order valence-corrected chi connectivity index (χ4v) is 2.70. The number of nitrogens with zero attached hydrogens (tertiary/aromatic N) is 3. The fraction of sp³-hybridized carbons (Fsp3) is 0.158. The van der Waals surface area contributed by atoms with Crippen LogP contribution in [0.5, 0.6) is 5.75 Å². The Labute approximate surface area is 164 Å². The molecule has 10 nitrogen and oxygen atoms in total. The van der Waals surface area contributed by atoms with E-state index in [0.29, 0.717) is 11.3 Å². The van der Waals surface area contributed by atoms with Gasteiger partial charge >= 0.3 is 6.03 Å². The molecule has 0 aromatic heterocycles. The van der Waals surface area contributed by atoms with E-state index in [2.05, 4.69) is 10.3 Å². The van der Waals surface area contributed by atoms with E-state index >= 15 is 0 Å². The van der Waals surface area contributed by atoms with Gasteiger partial charge in [0.15, 0.2) is 5.92 Å². The number of anilines is 1. The number of non-ortho nitro benzene ring substituents is 1. The highest BCUT2D eigenvalue weighted by molar-refractivity contribution is 6.32. The molecular formula is C19H16N4O6. The Morgan fingerprint density at radius 1 is 1.17 bits per heavy atom. The molecule has 0 bridgehead atoms. The Morgan fingerprint density at radius 3 is 2.48 bits per heavy atom. The van der Waals surface area contributed by atoms with Crippen molar-refractivity contribution in [2.75, 3.05) is 12.0 Å². The zero-order valence-electron chi connectivity index (χ0n) is 15.5. The van der Waals surface area contributed by atoms with E-state index in [0.717, 1.165) is 11.1 Å². The van der Waals surface area contributed by atoms with E-state index in [1.807, 2.05) is 0 Å². The lowest BCUT2D eigenvalue weighted by molar-refractivity contribution is -0.384. The lowest BCUT2D eigenvalue weighted by Gasteiger charge is -2.28. The largest absolute Gasteiger partial charge is 0.497 e. The van der Waals surface area contributed by atoms with Crippen molar-refractivity contribution in [1.29, 1.82) is 0 Å². The summed E-state index contributed by atoms with van der Waals surface area (Å²) in [6.45, 7) is 1.69. The smallest absolute Gasteiger partial charge is 0.335 e. The number of barbiturate groups is 1. The number of carbonyl (C=O) groups is 3. The third kappa shape index (κ3) is 3.95. The Balaban J connectivity index is 1.90. The zero-order chi connectivity index (χ0) is 21.1. The molecule has 1 heterocycles. The zero-order valence-corrected chi connectivity index (χ0v) is 15.5. The van der Waals surface area contributed by atoms with Crippen molar-refractivity contribution >= 4 is 41.1 Å². The molecule has 1 saturated heterocycles. The van der Waals surface area contributed by atoms with Gasteiger partial charge in [-0.3, -0.25) is 30.0 Å². The predicted octanol–water partition coefficient (Wildman–Crippen LogP) is 2.51. The van der Waals surface area contributed by atoms with Crippen molar-refractivity contribution in [3.8, 4) is 5.75 Å². The average molecular weight is 396 g/mol. The van der Waals surface area contributed by atoms with Gasteiger partial charge < -0.3 is 4.74 Å². The summed E-state index contributed by atoms with van der Waals surface area (Å²) in [5.74, 6) is -2.44. The van der Waals surface area contributed by atoms with Crippen molar-refractivity contribution < 1.29 is 24.0 Å². The van der Waals surface area contributed by atoms with Crippen molar-refractivity contribution in [3.63, 3.8) is 0 Å². The summed E-state index contributed by atoms with van der Waals surface area (Å²) in [5.41, 5.74) is 0.953. The van der Waals surface area contributed by atoms with Crippen molar-refractivity contribution in [2.45, 2.75) is 6.92 Å². The van der Waals surface area contributed by atoms with Crippen LogP contribution in [0.3, 0.4) is 0 Å². The fourth-order valence-electron chi connectivity index (χ4n) is 2.70. The van der Waals surface area contributed by atoms with Crippen molar-refractivity contribution in [1.82, 2.24) is 5.32 Å². The van der Waals surface area contributed by atoms with E-state index in [-0.39, 0.29) is 17.1 Å². The molecule has 1 N–H and O–H groups in total. The molecule has 1 aliphatic heterocycles. The van der Waals surface area contributed by atoms with E-state index in [9.17, 15) is 24.5 Å². The first-order valence-corrected chi connectivity index (χ1v) is 8.44. The molecule has 0 spiro atoms. The van der Waals surface area contributed by atoms with Crippen molar-refractivity contribution in [3.05, 3.63) is 58.1 Å². The summed E-state index contributed by atoms with van der Waals surface area (Å²) >= 11 is 0. The van der Waals surface area contributed by atoms with Crippen molar-refractivity contribution in [2.24, 2.45) is 10.9 Å². The van der Waals surface area contributed by atoms with Gasteiger partial charge in [0.25, 0.3) is 11.6 Å². The number of hydrogen-bond donors (Lipinski definition) is 1. The first-order valence-electron chi connectivity index (χ1n) is 8.44. The molecule has 10 heteroatoms. The number of aliphatic imine (C=N–C) groups is 1. The molecule has 0 aliphatic carbocycles. The maximum absolute atomic E-state index is 12.8. The summed E-state index contributed by atoms with van der Waals surface area (Å²) in [7, 11) is 1.48. The van der Waals surface area contributed by atoms with Gasteiger partial charge in [0.1, 0.15) is 5.75 Å². The van der Waals surface area contributed by atoms with Crippen LogP contribution in [0.1, 0.15) is 5.56 Å². The number of urea groups is 1. The summed E-state index contributed by atoms with van der Waals surface area (Å²) < 4.78 is 5.05. The van der Waals surface area contributed by atoms with Gasteiger partial charge in [-0.2, -0.15) is 0 Å². The topological polar surface area (TPSA) is 131 Å². The standard InChI is InChI=1S/C19H16N4O6/c1-11-3-4-13(23(27)28)9-16(11)20-10-15-17(24)21-19(26)22(18(15)25)12-5-7-14(29-2)8-6-12/h3-10,15H,1-2H3,(H,21,24,26). The minimum atomic E-state index is -1.37. The number of nitro benzene ring substituents is 1. The highest BCUT2D eigenvalue weighted by Gasteiger charge is 2.40. The second kappa shape index (κ2) is 7.89. The minimum absolute atomic E-state index is 0.169. The molecule has 0 radical (unpaired) electrons. The Kier molecular flexibility index (Phi) is 5.35. The lowest BCUT2D eigenvalue weighted by Crippen LogP contribution is -2.58. The number of ether oxygens (including phenoxy) is 1. The summed E-state index contributed by atoms with van der Waals surface area (Å²) in [5, 5.41) is 13.1. The number of amides is 4. The van der Waals surface area contributed by atoms with Crippen LogP contribution < -0.4 is 15.0 Å². The number of imide groups is 2. The van der Waals surface area contributed by atoms with Crippen LogP contribution in [0.15, 0.2) is 47.5 Å². The first kappa shape index (κ1) is 19.7. The summed E-state index contributed by atoms with van der Waals surface area (Å²) in [6.07, 6.45) is 1.08. The van der Waals surface area contributed by atoms with Gasteiger partial charge in [0.05, 0.1) is 23.4 Å². The van der Waals surface area contributed by atoms with Gasteiger partial charge in [-0.1, -0.05) is 6.07 Å². The maximum Gasteiger partial charge on any atom is 0.335 e. The van der Waals surface area contributed by atoms with Gasteiger partial charge in [-0.25, -0.2) is 9.69 Å². The van der Waals surface area contributed by atoms with Crippen LogP contribution in [0.4, 0.5) is 21.9 Å². The average Bonchev–Trinajstić information content (AvgIpc) is 2.69. The molecule has 1 unspecified atom stereocenters. The third-order valence-corrected chi connectivity index (χ3v) is 4.30. The third-order valence-electron chi connectivity index (χ3n) is 4.30. The van der Waals surface area contributed by atoms with Crippen LogP contribution in [0, 0.1) is 23.0 Å². The van der Waals surface area contributed by atoms with Gasteiger partial charge in [0.2, 0.25) is 5.91 Å².